The van der Waals surface area contributed by atoms with E-state index in [1.165, 1.54) is 17.0 Å². The quantitative estimate of drug-likeness (QED) is 0.906. The Bertz CT molecular complexity index is 658. The van der Waals surface area contributed by atoms with Gasteiger partial charge in [-0.15, -0.1) is 0 Å². The molecule has 0 spiro atoms. The van der Waals surface area contributed by atoms with E-state index in [1.54, 1.807) is 26.2 Å². The van der Waals surface area contributed by atoms with Gasteiger partial charge in [-0.1, -0.05) is 28.1 Å². The van der Waals surface area contributed by atoms with Gasteiger partial charge in [0.2, 0.25) is 0 Å². The largest absolute Gasteiger partial charge is 0.380 e. The van der Waals surface area contributed by atoms with Crippen LogP contribution in [-0.4, -0.2) is 24.9 Å². The second-order valence-electron chi connectivity index (χ2n) is 4.83. The molecule has 0 fully saturated rings. The molecule has 1 N–H and O–H groups in total. The zero-order valence-corrected chi connectivity index (χ0v) is 13.4. The summed E-state index contributed by atoms with van der Waals surface area (Å²) >= 11 is 3.39. The average molecular weight is 351 g/mol. The van der Waals surface area contributed by atoms with E-state index >= 15 is 0 Å². The summed E-state index contributed by atoms with van der Waals surface area (Å²) in [6, 6.07) is 11.8. The molecule has 1 amide bonds. The summed E-state index contributed by atoms with van der Waals surface area (Å²) in [7, 11) is 3.42. The van der Waals surface area contributed by atoms with Crippen molar-refractivity contribution in [2.75, 3.05) is 19.4 Å². The van der Waals surface area contributed by atoms with Crippen molar-refractivity contribution in [3.8, 4) is 0 Å². The molecule has 0 aliphatic heterocycles. The number of carbonyl (C=O) groups excluding carboxylic acids is 1. The fourth-order valence-corrected chi connectivity index (χ4v) is 2.32. The lowest BCUT2D eigenvalue weighted by Gasteiger charge is -2.15. The van der Waals surface area contributed by atoms with E-state index in [4.69, 9.17) is 0 Å². The molecule has 0 aromatic heterocycles. The minimum atomic E-state index is -0.285. The number of hydrogen-bond acceptors (Lipinski definition) is 2. The van der Waals surface area contributed by atoms with E-state index < -0.39 is 0 Å². The number of carbonyl (C=O) groups is 1. The molecule has 110 valence electrons. The van der Waals surface area contributed by atoms with Crippen molar-refractivity contribution < 1.29 is 9.18 Å². The Morgan fingerprint density at radius 1 is 1.24 bits per heavy atom. The van der Waals surface area contributed by atoms with Gasteiger partial charge in [-0.3, -0.25) is 4.79 Å². The Kier molecular flexibility index (Phi) is 4.96. The molecule has 0 bridgehead atoms. The standard InChI is InChI=1S/C16H16BrFN2O/c1-20(2)16(21)13-5-3-4-6-15(13)19-10-11-9-12(18)7-8-14(11)17/h3-9,19H,10H2,1-2H3. The molecule has 0 aliphatic rings. The van der Waals surface area contributed by atoms with Gasteiger partial charge in [-0.25, -0.2) is 4.39 Å². The van der Waals surface area contributed by atoms with Crippen molar-refractivity contribution in [3.63, 3.8) is 0 Å². The SMILES string of the molecule is CN(C)C(=O)c1ccccc1NCc1cc(F)ccc1Br. The summed E-state index contributed by atoms with van der Waals surface area (Å²) in [5.41, 5.74) is 2.12. The number of rotatable bonds is 4. The van der Waals surface area contributed by atoms with E-state index in [1.807, 2.05) is 18.2 Å². The molecule has 0 heterocycles. The summed E-state index contributed by atoms with van der Waals surface area (Å²) in [4.78, 5) is 13.6. The predicted octanol–water partition coefficient (Wildman–Crippen LogP) is 3.90. The number of benzene rings is 2. The number of nitrogens with zero attached hydrogens (tertiary/aromatic N) is 1. The van der Waals surface area contributed by atoms with E-state index in [0.29, 0.717) is 12.1 Å². The van der Waals surface area contributed by atoms with Crippen LogP contribution in [0.1, 0.15) is 15.9 Å². The molecular weight excluding hydrogens is 335 g/mol. The average Bonchev–Trinajstić information content (AvgIpc) is 2.47. The molecular formula is C16H16BrFN2O. The van der Waals surface area contributed by atoms with E-state index in [-0.39, 0.29) is 11.7 Å². The summed E-state index contributed by atoms with van der Waals surface area (Å²) in [6.45, 7) is 0.427. The van der Waals surface area contributed by atoms with Crippen LogP contribution in [0.25, 0.3) is 0 Å². The highest BCUT2D eigenvalue weighted by Crippen LogP contribution is 2.21. The smallest absolute Gasteiger partial charge is 0.255 e. The van der Waals surface area contributed by atoms with Crippen LogP contribution in [0, 0.1) is 5.82 Å². The van der Waals surface area contributed by atoms with E-state index in [0.717, 1.165) is 15.7 Å². The Morgan fingerprint density at radius 3 is 2.67 bits per heavy atom. The highest BCUT2D eigenvalue weighted by Gasteiger charge is 2.12. The number of nitrogens with one attached hydrogen (secondary N) is 1. The molecule has 2 aromatic carbocycles. The molecule has 2 aromatic rings. The van der Waals surface area contributed by atoms with Crippen LogP contribution in [0.2, 0.25) is 0 Å². The van der Waals surface area contributed by atoms with Gasteiger partial charge in [0.05, 0.1) is 5.56 Å². The Labute approximate surface area is 131 Å². The number of para-hydroxylation sites is 1. The van der Waals surface area contributed by atoms with Crippen LogP contribution in [0.3, 0.4) is 0 Å². The molecule has 0 atom stereocenters. The third-order valence-corrected chi connectivity index (χ3v) is 3.81. The lowest BCUT2D eigenvalue weighted by atomic mass is 10.1. The number of amides is 1. The first-order chi connectivity index (χ1) is 9.99. The molecule has 0 saturated heterocycles. The zero-order chi connectivity index (χ0) is 15.4. The minimum Gasteiger partial charge on any atom is -0.380 e. The minimum absolute atomic E-state index is 0.0728. The molecule has 0 unspecified atom stereocenters. The van der Waals surface area contributed by atoms with Gasteiger partial charge in [0.1, 0.15) is 5.82 Å². The summed E-state index contributed by atoms with van der Waals surface area (Å²) in [5, 5.41) is 3.19. The Morgan fingerprint density at radius 2 is 1.95 bits per heavy atom. The topological polar surface area (TPSA) is 32.3 Å². The highest BCUT2D eigenvalue weighted by molar-refractivity contribution is 9.10. The van der Waals surface area contributed by atoms with Crippen molar-refractivity contribution in [1.29, 1.82) is 0 Å². The molecule has 2 rings (SSSR count). The van der Waals surface area contributed by atoms with E-state index in [9.17, 15) is 9.18 Å². The second-order valence-corrected chi connectivity index (χ2v) is 5.69. The fraction of sp³-hybridized carbons (Fsp3) is 0.188. The monoisotopic (exact) mass is 350 g/mol. The normalized spacial score (nSPS) is 10.3. The van der Waals surface area contributed by atoms with Gasteiger partial charge >= 0.3 is 0 Å². The van der Waals surface area contributed by atoms with Crippen LogP contribution in [0.15, 0.2) is 46.9 Å². The second kappa shape index (κ2) is 6.72. The molecule has 5 heteroatoms. The number of halogens is 2. The maximum atomic E-state index is 13.3. The molecule has 3 nitrogen and oxygen atoms in total. The van der Waals surface area contributed by atoms with E-state index in [2.05, 4.69) is 21.2 Å². The van der Waals surface area contributed by atoms with Crippen molar-refractivity contribution in [2.24, 2.45) is 0 Å². The number of anilines is 1. The summed E-state index contributed by atoms with van der Waals surface area (Å²) in [6.07, 6.45) is 0. The third kappa shape index (κ3) is 3.82. The van der Waals surface area contributed by atoms with Gasteiger partial charge in [0, 0.05) is 30.8 Å². The van der Waals surface area contributed by atoms with Crippen LogP contribution >= 0.6 is 15.9 Å². The molecule has 0 saturated carbocycles. The fourth-order valence-electron chi connectivity index (χ4n) is 1.93. The van der Waals surface area contributed by atoms with Gasteiger partial charge < -0.3 is 10.2 Å². The summed E-state index contributed by atoms with van der Waals surface area (Å²) in [5.74, 6) is -0.357. The van der Waals surface area contributed by atoms with Gasteiger partial charge in [0.15, 0.2) is 0 Å². The van der Waals surface area contributed by atoms with Crippen LogP contribution in [-0.2, 0) is 6.54 Å². The Hall–Kier alpha value is -1.88. The first-order valence-electron chi connectivity index (χ1n) is 6.47. The van der Waals surface area contributed by atoms with Gasteiger partial charge in [-0.05, 0) is 35.9 Å². The lowest BCUT2D eigenvalue weighted by Crippen LogP contribution is -2.22. The van der Waals surface area contributed by atoms with Crippen molar-refractivity contribution >= 4 is 27.5 Å². The van der Waals surface area contributed by atoms with Crippen LogP contribution < -0.4 is 5.32 Å². The highest BCUT2D eigenvalue weighted by atomic mass is 79.9. The van der Waals surface area contributed by atoms with Gasteiger partial charge in [0.25, 0.3) is 5.91 Å². The first-order valence-corrected chi connectivity index (χ1v) is 7.27. The van der Waals surface area contributed by atoms with Crippen LogP contribution in [0.4, 0.5) is 10.1 Å². The maximum Gasteiger partial charge on any atom is 0.255 e. The Balaban J connectivity index is 2.21. The third-order valence-electron chi connectivity index (χ3n) is 3.04. The summed E-state index contributed by atoms with van der Waals surface area (Å²) < 4.78 is 14.1. The lowest BCUT2D eigenvalue weighted by molar-refractivity contribution is 0.0828. The molecule has 0 aliphatic carbocycles. The van der Waals surface area contributed by atoms with Gasteiger partial charge in [-0.2, -0.15) is 0 Å². The van der Waals surface area contributed by atoms with Crippen molar-refractivity contribution in [1.82, 2.24) is 4.90 Å². The zero-order valence-electron chi connectivity index (χ0n) is 11.9. The predicted molar refractivity (Wildman–Crippen MR) is 85.9 cm³/mol. The first kappa shape index (κ1) is 15.5. The molecule has 21 heavy (non-hydrogen) atoms. The van der Waals surface area contributed by atoms with Crippen LogP contribution in [0.5, 0.6) is 0 Å². The number of hydrogen-bond donors (Lipinski definition) is 1. The molecule has 0 radical (unpaired) electrons. The maximum absolute atomic E-state index is 13.3. The van der Waals surface area contributed by atoms with Crippen molar-refractivity contribution in [2.45, 2.75) is 6.54 Å². The van der Waals surface area contributed by atoms with Crippen molar-refractivity contribution in [3.05, 3.63) is 63.9 Å².